The lowest BCUT2D eigenvalue weighted by Crippen LogP contribution is -2.46. The minimum absolute atomic E-state index is 0.336. The van der Waals surface area contributed by atoms with E-state index in [0.717, 1.165) is 76.5 Å². The summed E-state index contributed by atoms with van der Waals surface area (Å²) in [5, 5.41) is 0. The van der Waals surface area contributed by atoms with Crippen LogP contribution in [0.1, 0.15) is 78.1 Å². The minimum atomic E-state index is 0.336. The Morgan fingerprint density at radius 2 is 0.967 bits per heavy atom. The van der Waals surface area contributed by atoms with Crippen LogP contribution in [0.4, 0.5) is 0 Å². The third kappa shape index (κ3) is 5.60. The molecule has 4 rings (SSSR count). The highest BCUT2D eigenvalue weighted by atomic mass is 16.5. The van der Waals surface area contributed by atoms with Gasteiger partial charge >= 0.3 is 0 Å². The summed E-state index contributed by atoms with van der Waals surface area (Å²) < 4.78 is 23.1. The van der Waals surface area contributed by atoms with Gasteiger partial charge in [-0.05, 0) is 87.9 Å². The first-order chi connectivity index (χ1) is 14.7. The van der Waals surface area contributed by atoms with E-state index in [1.54, 1.807) is 0 Å². The van der Waals surface area contributed by atoms with Gasteiger partial charge in [0.15, 0.2) is 0 Å². The number of ether oxygens (including phenoxy) is 4. The Kier molecular flexibility index (Phi) is 8.16. The van der Waals surface area contributed by atoms with Gasteiger partial charge in [-0.3, -0.25) is 0 Å². The predicted molar refractivity (Wildman–Crippen MR) is 120 cm³/mol. The molecule has 0 atom stereocenters. The molecule has 0 radical (unpaired) electrons. The topological polar surface area (TPSA) is 36.9 Å². The molecule has 0 aromatic carbocycles. The lowest BCUT2D eigenvalue weighted by atomic mass is 9.69. The standard InChI is InChI=1S/C26H46O4/c1-3-25(17-29-18-25)15-27-13-21-5-9-23(10-6-21)24-11-7-22(8-12-24)14-28-16-26(4-2)19-30-20-26/h21-24H,3-20H2,1-2H3. The fraction of sp³-hybridized carbons (Fsp3) is 1.00. The van der Waals surface area contributed by atoms with Gasteiger partial charge in [-0.2, -0.15) is 0 Å². The van der Waals surface area contributed by atoms with E-state index in [1.807, 2.05) is 0 Å². The molecule has 2 aliphatic carbocycles. The van der Waals surface area contributed by atoms with Crippen LogP contribution < -0.4 is 0 Å². The SMILES string of the molecule is CCC1(COCC2CCC(C3CCC(COCC4(CC)COC4)CC3)CC2)COC1. The van der Waals surface area contributed by atoms with Crippen molar-refractivity contribution in [2.75, 3.05) is 52.9 Å². The summed E-state index contributed by atoms with van der Waals surface area (Å²) >= 11 is 0. The van der Waals surface area contributed by atoms with Crippen LogP contribution in [0.2, 0.25) is 0 Å². The van der Waals surface area contributed by atoms with Gasteiger partial charge in [-0.25, -0.2) is 0 Å². The molecular formula is C26H46O4. The predicted octanol–water partition coefficient (Wildman–Crippen LogP) is 5.49. The normalized spacial score (nSPS) is 35.4. The highest BCUT2D eigenvalue weighted by Crippen LogP contribution is 2.42. The monoisotopic (exact) mass is 422 g/mol. The van der Waals surface area contributed by atoms with E-state index in [9.17, 15) is 0 Å². The summed E-state index contributed by atoms with van der Waals surface area (Å²) in [6.07, 6.45) is 13.6. The van der Waals surface area contributed by atoms with Crippen molar-refractivity contribution in [1.82, 2.24) is 0 Å². The molecule has 0 aromatic rings. The van der Waals surface area contributed by atoms with Gasteiger partial charge in [0, 0.05) is 24.0 Å². The van der Waals surface area contributed by atoms with Crippen LogP contribution >= 0.6 is 0 Å². The number of rotatable bonds is 11. The van der Waals surface area contributed by atoms with Gasteiger partial charge in [-0.1, -0.05) is 13.8 Å². The van der Waals surface area contributed by atoms with Gasteiger partial charge in [0.2, 0.25) is 0 Å². The summed E-state index contributed by atoms with van der Waals surface area (Å²) in [5.74, 6) is 3.53. The highest BCUT2D eigenvalue weighted by Gasteiger charge is 2.38. The average Bonchev–Trinajstić information content (AvgIpc) is 2.73. The summed E-state index contributed by atoms with van der Waals surface area (Å²) in [4.78, 5) is 0. The van der Waals surface area contributed by atoms with Crippen LogP contribution in [0.5, 0.6) is 0 Å². The van der Waals surface area contributed by atoms with Crippen LogP contribution in [0.3, 0.4) is 0 Å². The molecule has 4 nitrogen and oxygen atoms in total. The Labute approximate surface area is 184 Å². The molecule has 0 N–H and O–H groups in total. The second-order valence-corrected chi connectivity index (χ2v) is 11.3. The highest BCUT2D eigenvalue weighted by molar-refractivity contribution is 4.86. The molecule has 2 saturated heterocycles. The maximum atomic E-state index is 6.15. The van der Waals surface area contributed by atoms with Crippen molar-refractivity contribution < 1.29 is 18.9 Å². The van der Waals surface area contributed by atoms with Gasteiger partial charge in [0.25, 0.3) is 0 Å². The maximum absolute atomic E-state index is 6.15. The summed E-state index contributed by atoms with van der Waals surface area (Å²) in [7, 11) is 0. The van der Waals surface area contributed by atoms with Gasteiger partial charge in [0.1, 0.15) is 0 Å². The molecule has 0 unspecified atom stereocenters. The van der Waals surface area contributed by atoms with Gasteiger partial charge in [0.05, 0.1) is 39.6 Å². The molecule has 0 aromatic heterocycles. The second kappa shape index (κ2) is 10.6. The Morgan fingerprint density at radius 3 is 1.23 bits per heavy atom. The molecule has 2 heterocycles. The largest absolute Gasteiger partial charge is 0.380 e. The molecule has 0 bridgehead atoms. The zero-order valence-electron chi connectivity index (χ0n) is 19.7. The molecule has 4 aliphatic rings. The van der Waals surface area contributed by atoms with E-state index in [1.165, 1.54) is 64.2 Å². The molecule has 0 spiro atoms. The molecule has 2 saturated carbocycles. The Morgan fingerprint density at radius 1 is 0.600 bits per heavy atom. The van der Waals surface area contributed by atoms with E-state index < -0.39 is 0 Å². The summed E-state index contributed by atoms with van der Waals surface area (Å²) in [6.45, 7) is 11.9. The molecule has 4 heteroatoms. The molecule has 30 heavy (non-hydrogen) atoms. The summed E-state index contributed by atoms with van der Waals surface area (Å²) in [5.41, 5.74) is 0.671. The first-order valence-electron chi connectivity index (χ1n) is 13.0. The first kappa shape index (κ1) is 23.0. The molecule has 174 valence electrons. The van der Waals surface area contributed by atoms with Gasteiger partial charge < -0.3 is 18.9 Å². The fourth-order valence-electron chi connectivity index (χ4n) is 6.10. The zero-order valence-corrected chi connectivity index (χ0v) is 19.7. The van der Waals surface area contributed by atoms with E-state index in [-0.39, 0.29) is 0 Å². The van der Waals surface area contributed by atoms with Crippen LogP contribution in [-0.4, -0.2) is 52.9 Å². The van der Waals surface area contributed by atoms with Crippen molar-refractivity contribution in [2.24, 2.45) is 34.5 Å². The van der Waals surface area contributed by atoms with Crippen LogP contribution in [0.25, 0.3) is 0 Å². The van der Waals surface area contributed by atoms with E-state index >= 15 is 0 Å². The first-order valence-corrected chi connectivity index (χ1v) is 13.0. The Bertz CT molecular complexity index is 440. The molecule has 4 fully saturated rings. The van der Waals surface area contributed by atoms with Crippen molar-refractivity contribution in [3.63, 3.8) is 0 Å². The van der Waals surface area contributed by atoms with E-state index in [0.29, 0.717) is 10.8 Å². The summed E-state index contributed by atoms with van der Waals surface area (Å²) in [6, 6.07) is 0. The lowest BCUT2D eigenvalue weighted by Gasteiger charge is -2.41. The van der Waals surface area contributed by atoms with Crippen molar-refractivity contribution >= 4 is 0 Å². The van der Waals surface area contributed by atoms with E-state index in [4.69, 9.17) is 18.9 Å². The van der Waals surface area contributed by atoms with Crippen LogP contribution in [-0.2, 0) is 18.9 Å². The number of hydrogen-bond acceptors (Lipinski definition) is 4. The fourth-order valence-corrected chi connectivity index (χ4v) is 6.10. The van der Waals surface area contributed by atoms with Gasteiger partial charge in [-0.15, -0.1) is 0 Å². The lowest BCUT2D eigenvalue weighted by molar-refractivity contribution is -0.154. The van der Waals surface area contributed by atoms with E-state index in [2.05, 4.69) is 13.8 Å². The molecule has 2 aliphatic heterocycles. The zero-order chi connectivity index (χ0) is 20.9. The third-order valence-corrected chi connectivity index (χ3v) is 9.11. The van der Waals surface area contributed by atoms with Crippen molar-refractivity contribution in [2.45, 2.75) is 78.1 Å². The smallest absolute Gasteiger partial charge is 0.0566 e. The molecule has 0 amide bonds. The third-order valence-electron chi connectivity index (χ3n) is 9.11. The maximum Gasteiger partial charge on any atom is 0.0566 e. The second-order valence-electron chi connectivity index (χ2n) is 11.3. The minimum Gasteiger partial charge on any atom is -0.380 e. The van der Waals surface area contributed by atoms with Crippen LogP contribution in [0.15, 0.2) is 0 Å². The Balaban J connectivity index is 1.06. The van der Waals surface area contributed by atoms with Crippen molar-refractivity contribution in [3.05, 3.63) is 0 Å². The van der Waals surface area contributed by atoms with Crippen molar-refractivity contribution in [1.29, 1.82) is 0 Å². The van der Waals surface area contributed by atoms with Crippen LogP contribution in [0, 0.1) is 34.5 Å². The average molecular weight is 423 g/mol. The molecular weight excluding hydrogens is 376 g/mol. The quantitative estimate of drug-likeness (QED) is 0.441. The Hall–Kier alpha value is -0.160. The number of hydrogen-bond donors (Lipinski definition) is 0. The van der Waals surface area contributed by atoms with Crippen molar-refractivity contribution in [3.8, 4) is 0 Å².